The molecule has 0 aromatic heterocycles. The molecule has 0 saturated heterocycles. The van der Waals surface area contributed by atoms with Gasteiger partial charge in [-0.3, -0.25) is 28.8 Å². The Hall–Kier alpha value is -2.82. The molecule has 0 aromatic rings. The number of Topliss-reactive ketones (excluding diaryl/α,β-unsaturated/α-hetero) is 2. The second-order valence-corrected chi connectivity index (χ2v) is 12.4. The third-order valence-corrected chi connectivity index (χ3v) is 8.27. The number of nitrogens with one attached hydrogen (secondary N) is 2. The zero-order valence-corrected chi connectivity index (χ0v) is 27.9. The molecule has 0 heterocycles. The van der Waals surface area contributed by atoms with Crippen LogP contribution in [0.15, 0.2) is 0 Å². The second-order valence-electron chi connectivity index (χ2n) is 12.4. The molecule has 0 spiro atoms. The Morgan fingerprint density at radius 3 is 1.71 bits per heavy atom. The lowest BCUT2D eigenvalue weighted by Crippen LogP contribution is -2.27. The van der Waals surface area contributed by atoms with E-state index in [0.29, 0.717) is 64.6 Å². The minimum atomic E-state index is -1.07. The Labute approximate surface area is 270 Å². The van der Waals surface area contributed by atoms with Gasteiger partial charge in [0.15, 0.2) is 0 Å². The summed E-state index contributed by atoms with van der Waals surface area (Å²) in [6.07, 6.45) is 12.2. The molecule has 0 aliphatic carbocycles. The summed E-state index contributed by atoms with van der Waals surface area (Å²) in [6.45, 7) is 5.40. The summed E-state index contributed by atoms with van der Waals surface area (Å²) in [5.74, 6) is -4.33. The highest BCUT2D eigenvalue weighted by atomic mass is 16.4. The maximum absolute atomic E-state index is 13.4. The minimum absolute atomic E-state index is 0.00289. The highest BCUT2D eigenvalue weighted by molar-refractivity contribution is 5.90. The SMILES string of the molecule is CCCCCCCCC(=O)NCCCCC(CC(=O)C(C)CCCCN)C(=O)CC(CCCCNC(=O)CCC(=O)O)C(=O)O. The number of nitrogens with two attached hydrogens (primary N) is 1. The average Bonchev–Trinajstić information content (AvgIpc) is 2.99. The Bertz CT molecular complexity index is 880. The molecule has 2 amide bonds. The van der Waals surface area contributed by atoms with Crippen molar-refractivity contribution in [2.24, 2.45) is 23.5 Å². The van der Waals surface area contributed by atoms with Gasteiger partial charge in [-0.25, -0.2) is 0 Å². The zero-order chi connectivity index (χ0) is 33.9. The molecule has 45 heavy (non-hydrogen) atoms. The molecule has 0 saturated carbocycles. The van der Waals surface area contributed by atoms with Crippen LogP contribution in [-0.2, 0) is 28.8 Å². The molecular weight excluding hydrogens is 578 g/mol. The molecule has 6 N–H and O–H groups in total. The fourth-order valence-electron chi connectivity index (χ4n) is 5.25. The van der Waals surface area contributed by atoms with Gasteiger partial charge in [-0.05, 0) is 51.5 Å². The summed E-state index contributed by atoms with van der Waals surface area (Å²) in [5, 5.41) is 24.0. The van der Waals surface area contributed by atoms with Crippen molar-refractivity contribution in [3.05, 3.63) is 0 Å². The van der Waals surface area contributed by atoms with E-state index in [2.05, 4.69) is 17.6 Å². The molecule has 260 valence electrons. The third kappa shape index (κ3) is 24.1. The molecule has 0 aromatic carbocycles. The first-order valence-corrected chi connectivity index (χ1v) is 17.2. The van der Waals surface area contributed by atoms with E-state index < -0.39 is 23.8 Å². The van der Waals surface area contributed by atoms with Gasteiger partial charge >= 0.3 is 11.9 Å². The van der Waals surface area contributed by atoms with E-state index in [4.69, 9.17) is 10.8 Å². The van der Waals surface area contributed by atoms with E-state index in [0.717, 1.165) is 32.1 Å². The highest BCUT2D eigenvalue weighted by Gasteiger charge is 2.28. The van der Waals surface area contributed by atoms with Crippen LogP contribution >= 0.6 is 0 Å². The number of unbranched alkanes of at least 4 members (excludes halogenated alkanes) is 8. The van der Waals surface area contributed by atoms with Crippen LogP contribution in [0.25, 0.3) is 0 Å². The standard InChI is InChI=1S/C34H61N3O8/c1-3-4-5-6-7-8-18-31(40)36-22-13-10-16-27(24-29(38)26(2)15-9-12-21-35)30(39)25-28(34(44)45)17-11-14-23-37-32(41)19-20-33(42)43/h26-28H,3-25,35H2,1-2H3,(H,36,40)(H,37,41)(H,42,43)(H,44,45). The van der Waals surface area contributed by atoms with Crippen LogP contribution in [-0.4, -0.2) is 65.2 Å². The van der Waals surface area contributed by atoms with Crippen LogP contribution in [0.2, 0.25) is 0 Å². The summed E-state index contributed by atoms with van der Waals surface area (Å²) >= 11 is 0. The maximum atomic E-state index is 13.4. The number of hydrogen-bond donors (Lipinski definition) is 5. The third-order valence-electron chi connectivity index (χ3n) is 8.27. The first-order valence-electron chi connectivity index (χ1n) is 17.2. The Balaban J connectivity index is 4.87. The number of rotatable bonds is 31. The van der Waals surface area contributed by atoms with E-state index in [-0.39, 0.29) is 61.4 Å². The van der Waals surface area contributed by atoms with E-state index in [9.17, 15) is 33.9 Å². The lowest BCUT2D eigenvalue weighted by Gasteiger charge is -2.20. The minimum Gasteiger partial charge on any atom is -0.481 e. The Morgan fingerprint density at radius 1 is 0.600 bits per heavy atom. The van der Waals surface area contributed by atoms with Gasteiger partial charge in [0.25, 0.3) is 0 Å². The quantitative estimate of drug-likeness (QED) is 0.0636. The van der Waals surface area contributed by atoms with Gasteiger partial charge in [0.05, 0.1) is 12.3 Å². The molecule has 0 radical (unpaired) electrons. The Kier molecular flexibility index (Phi) is 25.8. The Morgan fingerprint density at radius 2 is 1.13 bits per heavy atom. The summed E-state index contributed by atoms with van der Waals surface area (Å²) < 4.78 is 0. The second kappa shape index (κ2) is 27.5. The molecule has 0 rings (SSSR count). The van der Waals surface area contributed by atoms with Crippen LogP contribution in [0.3, 0.4) is 0 Å². The van der Waals surface area contributed by atoms with E-state index in [1.165, 1.54) is 19.3 Å². The number of hydrogen-bond acceptors (Lipinski definition) is 7. The van der Waals surface area contributed by atoms with Gasteiger partial charge in [0.2, 0.25) is 11.8 Å². The van der Waals surface area contributed by atoms with Gasteiger partial charge in [-0.1, -0.05) is 65.2 Å². The van der Waals surface area contributed by atoms with Gasteiger partial charge < -0.3 is 26.6 Å². The van der Waals surface area contributed by atoms with Crippen molar-refractivity contribution < 1.29 is 39.0 Å². The predicted molar refractivity (Wildman–Crippen MR) is 175 cm³/mol. The number of amides is 2. The number of carbonyl (C=O) groups excluding carboxylic acids is 4. The topological polar surface area (TPSA) is 193 Å². The molecule has 3 atom stereocenters. The summed E-state index contributed by atoms with van der Waals surface area (Å²) in [7, 11) is 0. The summed E-state index contributed by atoms with van der Waals surface area (Å²) in [4.78, 5) is 72.7. The summed E-state index contributed by atoms with van der Waals surface area (Å²) in [5.41, 5.74) is 5.57. The number of carboxylic acid groups (broad SMARTS) is 2. The monoisotopic (exact) mass is 639 g/mol. The van der Waals surface area contributed by atoms with Crippen molar-refractivity contribution in [1.29, 1.82) is 0 Å². The van der Waals surface area contributed by atoms with Crippen molar-refractivity contribution >= 4 is 35.3 Å². The zero-order valence-electron chi connectivity index (χ0n) is 27.9. The largest absolute Gasteiger partial charge is 0.481 e. The first kappa shape index (κ1) is 42.2. The van der Waals surface area contributed by atoms with Crippen molar-refractivity contribution in [1.82, 2.24) is 10.6 Å². The lowest BCUT2D eigenvalue weighted by atomic mass is 9.83. The molecular formula is C34H61N3O8. The van der Waals surface area contributed by atoms with Crippen molar-refractivity contribution in [2.45, 2.75) is 142 Å². The number of carbonyl (C=O) groups is 6. The van der Waals surface area contributed by atoms with Crippen molar-refractivity contribution in [3.63, 3.8) is 0 Å². The van der Waals surface area contributed by atoms with Gasteiger partial charge in [-0.15, -0.1) is 0 Å². The lowest BCUT2D eigenvalue weighted by molar-refractivity contribution is -0.144. The smallest absolute Gasteiger partial charge is 0.306 e. The number of carboxylic acids is 2. The van der Waals surface area contributed by atoms with Crippen LogP contribution in [0.5, 0.6) is 0 Å². The van der Waals surface area contributed by atoms with Gasteiger partial charge in [-0.2, -0.15) is 0 Å². The fraction of sp³-hybridized carbons (Fsp3) is 0.824. The van der Waals surface area contributed by atoms with E-state index >= 15 is 0 Å². The first-order chi connectivity index (χ1) is 21.5. The van der Waals surface area contributed by atoms with E-state index in [1.807, 2.05) is 6.92 Å². The maximum Gasteiger partial charge on any atom is 0.306 e. The molecule has 0 aliphatic heterocycles. The normalized spacial score (nSPS) is 13.0. The van der Waals surface area contributed by atoms with Crippen molar-refractivity contribution in [2.75, 3.05) is 19.6 Å². The predicted octanol–water partition coefficient (Wildman–Crippen LogP) is 5.18. The molecule has 0 fully saturated rings. The van der Waals surface area contributed by atoms with Crippen LogP contribution < -0.4 is 16.4 Å². The molecule has 0 bridgehead atoms. The van der Waals surface area contributed by atoms with Crippen molar-refractivity contribution in [3.8, 4) is 0 Å². The highest BCUT2D eigenvalue weighted by Crippen LogP contribution is 2.24. The molecule has 3 unspecified atom stereocenters. The van der Waals surface area contributed by atoms with Gasteiger partial charge in [0, 0.05) is 50.6 Å². The summed E-state index contributed by atoms with van der Waals surface area (Å²) in [6, 6.07) is 0. The average molecular weight is 640 g/mol. The molecule has 11 nitrogen and oxygen atoms in total. The van der Waals surface area contributed by atoms with Crippen LogP contribution in [0, 0.1) is 17.8 Å². The van der Waals surface area contributed by atoms with Crippen LogP contribution in [0.4, 0.5) is 0 Å². The number of aliphatic carboxylic acids is 2. The molecule has 0 aliphatic rings. The number of ketones is 2. The molecule has 11 heteroatoms. The van der Waals surface area contributed by atoms with Gasteiger partial charge in [0.1, 0.15) is 11.6 Å². The van der Waals surface area contributed by atoms with Crippen LogP contribution in [0.1, 0.15) is 142 Å². The van der Waals surface area contributed by atoms with E-state index in [1.54, 1.807) is 0 Å². The fourth-order valence-corrected chi connectivity index (χ4v) is 5.25.